The lowest BCUT2D eigenvalue weighted by atomic mass is 9.99. The predicted octanol–water partition coefficient (Wildman–Crippen LogP) is 1.55. The predicted molar refractivity (Wildman–Crippen MR) is 60.2 cm³/mol. The Morgan fingerprint density at radius 3 is 2.81 bits per heavy atom. The molecule has 0 aromatic heterocycles. The van der Waals surface area contributed by atoms with E-state index in [1.165, 1.54) is 6.07 Å². The fourth-order valence-corrected chi connectivity index (χ4v) is 1.60. The molecule has 5 heteroatoms. The van der Waals surface area contributed by atoms with Crippen LogP contribution in [-0.2, 0) is 11.2 Å². The number of carboxylic acids is 1. The van der Waals surface area contributed by atoms with Crippen LogP contribution in [0.4, 0.5) is 0 Å². The normalized spacial score (nSPS) is 11.8. The summed E-state index contributed by atoms with van der Waals surface area (Å²) in [5, 5.41) is 26.7. The molecular formula is C11H11NO3S. The Hall–Kier alpha value is -1.51. The largest absolute Gasteiger partial charge is 0.479 e. The highest BCUT2D eigenvalue weighted by atomic mass is 32.1. The molecule has 1 aromatic carbocycles. The molecule has 0 saturated heterocycles. The van der Waals surface area contributed by atoms with Crippen molar-refractivity contribution in [1.29, 1.82) is 5.26 Å². The Morgan fingerprint density at radius 2 is 2.25 bits per heavy atom. The van der Waals surface area contributed by atoms with Gasteiger partial charge in [0.25, 0.3) is 0 Å². The van der Waals surface area contributed by atoms with Gasteiger partial charge in [-0.2, -0.15) is 5.26 Å². The van der Waals surface area contributed by atoms with Crippen molar-refractivity contribution >= 4 is 18.6 Å². The number of rotatable bonds is 4. The number of hydrogen-bond acceptors (Lipinski definition) is 4. The molecular weight excluding hydrogens is 226 g/mol. The molecule has 1 rings (SSSR count). The maximum atomic E-state index is 10.7. The molecule has 2 N–H and O–H groups in total. The van der Waals surface area contributed by atoms with E-state index in [1.807, 2.05) is 6.07 Å². The number of thiol groups is 1. The summed E-state index contributed by atoms with van der Waals surface area (Å²) >= 11 is 4.09. The van der Waals surface area contributed by atoms with E-state index in [9.17, 15) is 9.90 Å². The molecule has 0 fully saturated rings. The summed E-state index contributed by atoms with van der Waals surface area (Å²) < 4.78 is 0. The summed E-state index contributed by atoms with van der Waals surface area (Å²) in [6.45, 7) is 0. The van der Waals surface area contributed by atoms with Crippen LogP contribution in [0.5, 0.6) is 0 Å². The first-order valence-electron chi connectivity index (χ1n) is 4.66. The second kappa shape index (κ2) is 5.54. The lowest BCUT2D eigenvalue weighted by Gasteiger charge is -2.12. The number of carboxylic acid groups (broad SMARTS) is 1. The molecule has 0 aliphatic heterocycles. The first-order chi connectivity index (χ1) is 7.56. The maximum absolute atomic E-state index is 10.7. The summed E-state index contributed by atoms with van der Waals surface area (Å²) in [7, 11) is 0. The molecule has 84 valence electrons. The zero-order valence-corrected chi connectivity index (χ0v) is 9.32. The van der Waals surface area contributed by atoms with Crippen LogP contribution in [0.2, 0.25) is 0 Å². The Kier molecular flexibility index (Phi) is 4.35. The molecule has 0 amide bonds. The molecule has 0 aliphatic carbocycles. The van der Waals surface area contributed by atoms with Gasteiger partial charge < -0.3 is 10.2 Å². The van der Waals surface area contributed by atoms with Gasteiger partial charge in [0.05, 0.1) is 6.07 Å². The van der Waals surface area contributed by atoms with Gasteiger partial charge in [0.2, 0.25) is 0 Å². The fourth-order valence-electron chi connectivity index (χ4n) is 1.39. The standard InChI is InChI=1S/C11H11NO3S/c12-5-1-2-7-3-4-8(16)6-9(7)10(13)11(14)15/h3-4,6,10,13,16H,1-2H2,(H,14,15). The third-order valence-electron chi connectivity index (χ3n) is 2.16. The number of nitriles is 1. The van der Waals surface area contributed by atoms with Crippen molar-refractivity contribution in [2.45, 2.75) is 23.8 Å². The Bertz CT molecular complexity index is 439. The number of aliphatic hydroxyl groups excluding tert-OH is 1. The van der Waals surface area contributed by atoms with Gasteiger partial charge in [0.1, 0.15) is 0 Å². The number of aliphatic hydroxyl groups is 1. The summed E-state index contributed by atoms with van der Waals surface area (Å²) in [5.74, 6) is -1.31. The highest BCUT2D eigenvalue weighted by Gasteiger charge is 2.19. The first kappa shape index (κ1) is 12.6. The average Bonchev–Trinajstić information content (AvgIpc) is 2.26. The number of aryl methyl sites for hydroxylation is 1. The molecule has 0 heterocycles. The molecule has 1 atom stereocenters. The number of hydrogen-bond donors (Lipinski definition) is 3. The number of carbonyl (C=O) groups is 1. The molecule has 1 aromatic rings. The van der Waals surface area contributed by atoms with Gasteiger partial charge in [-0.05, 0) is 29.7 Å². The summed E-state index contributed by atoms with van der Waals surface area (Å²) in [6.07, 6.45) is -0.865. The fraction of sp³-hybridized carbons (Fsp3) is 0.273. The molecule has 0 saturated carbocycles. The van der Waals surface area contributed by atoms with E-state index in [2.05, 4.69) is 12.6 Å². The van der Waals surface area contributed by atoms with Crippen molar-refractivity contribution in [1.82, 2.24) is 0 Å². The molecule has 4 nitrogen and oxygen atoms in total. The molecule has 1 unspecified atom stereocenters. The zero-order valence-electron chi connectivity index (χ0n) is 8.42. The molecule has 0 bridgehead atoms. The minimum atomic E-state index is -1.57. The average molecular weight is 237 g/mol. The van der Waals surface area contributed by atoms with Crippen LogP contribution in [0.3, 0.4) is 0 Å². The molecule has 16 heavy (non-hydrogen) atoms. The number of aliphatic carboxylic acids is 1. The minimum Gasteiger partial charge on any atom is -0.479 e. The molecule has 0 aliphatic rings. The van der Waals surface area contributed by atoms with Gasteiger partial charge in [-0.3, -0.25) is 0 Å². The van der Waals surface area contributed by atoms with Crippen LogP contribution < -0.4 is 0 Å². The van der Waals surface area contributed by atoms with E-state index in [4.69, 9.17) is 10.4 Å². The lowest BCUT2D eigenvalue weighted by Crippen LogP contribution is -2.12. The second-order valence-electron chi connectivity index (χ2n) is 3.28. The maximum Gasteiger partial charge on any atom is 0.337 e. The van der Waals surface area contributed by atoms with Crippen molar-refractivity contribution in [2.24, 2.45) is 0 Å². The van der Waals surface area contributed by atoms with Crippen molar-refractivity contribution < 1.29 is 15.0 Å². The number of nitrogens with zero attached hydrogens (tertiary/aromatic N) is 1. The lowest BCUT2D eigenvalue weighted by molar-refractivity contribution is -0.147. The molecule has 0 spiro atoms. The van der Waals surface area contributed by atoms with Gasteiger partial charge in [-0.25, -0.2) is 4.79 Å². The van der Waals surface area contributed by atoms with E-state index >= 15 is 0 Å². The monoisotopic (exact) mass is 237 g/mol. The van der Waals surface area contributed by atoms with Crippen LogP contribution in [0.1, 0.15) is 23.7 Å². The Balaban J connectivity index is 3.08. The van der Waals surface area contributed by atoms with Gasteiger partial charge in [0.15, 0.2) is 6.10 Å². The smallest absolute Gasteiger partial charge is 0.337 e. The van der Waals surface area contributed by atoms with E-state index in [1.54, 1.807) is 12.1 Å². The summed E-state index contributed by atoms with van der Waals surface area (Å²) in [6, 6.07) is 6.87. The first-order valence-corrected chi connectivity index (χ1v) is 5.10. The third-order valence-corrected chi connectivity index (χ3v) is 2.44. The Morgan fingerprint density at radius 1 is 1.56 bits per heavy atom. The van der Waals surface area contributed by atoms with Crippen molar-refractivity contribution in [3.63, 3.8) is 0 Å². The summed E-state index contributed by atoms with van der Waals surface area (Å²) in [5.41, 5.74) is 0.963. The quantitative estimate of drug-likeness (QED) is 0.694. The van der Waals surface area contributed by atoms with Gasteiger partial charge in [-0.1, -0.05) is 6.07 Å². The van der Waals surface area contributed by atoms with Gasteiger partial charge in [-0.15, -0.1) is 12.6 Å². The SMILES string of the molecule is N#CCCc1ccc(S)cc1C(O)C(=O)O. The minimum absolute atomic E-state index is 0.283. The van der Waals surface area contributed by atoms with E-state index in [0.29, 0.717) is 22.4 Å². The van der Waals surface area contributed by atoms with E-state index < -0.39 is 12.1 Å². The highest BCUT2D eigenvalue weighted by Crippen LogP contribution is 2.23. The van der Waals surface area contributed by atoms with Crippen molar-refractivity contribution in [2.75, 3.05) is 0 Å². The third kappa shape index (κ3) is 2.99. The molecule has 0 radical (unpaired) electrons. The van der Waals surface area contributed by atoms with Crippen LogP contribution in [0.25, 0.3) is 0 Å². The number of benzene rings is 1. The van der Waals surface area contributed by atoms with Gasteiger partial charge >= 0.3 is 5.97 Å². The van der Waals surface area contributed by atoms with Gasteiger partial charge in [0, 0.05) is 11.3 Å². The van der Waals surface area contributed by atoms with Crippen molar-refractivity contribution in [3.05, 3.63) is 29.3 Å². The Labute approximate surface area is 98.6 Å². The zero-order chi connectivity index (χ0) is 12.1. The van der Waals surface area contributed by atoms with Crippen LogP contribution in [0, 0.1) is 11.3 Å². The highest BCUT2D eigenvalue weighted by molar-refractivity contribution is 7.80. The topological polar surface area (TPSA) is 81.3 Å². The van der Waals surface area contributed by atoms with Crippen LogP contribution in [0.15, 0.2) is 23.1 Å². The van der Waals surface area contributed by atoms with E-state index in [-0.39, 0.29) is 6.42 Å². The summed E-state index contributed by atoms with van der Waals surface area (Å²) in [4.78, 5) is 11.3. The van der Waals surface area contributed by atoms with E-state index in [0.717, 1.165) is 0 Å². The second-order valence-corrected chi connectivity index (χ2v) is 3.80. The van der Waals surface area contributed by atoms with Crippen molar-refractivity contribution in [3.8, 4) is 6.07 Å². The van der Waals surface area contributed by atoms with Crippen LogP contribution in [-0.4, -0.2) is 16.2 Å². The van der Waals surface area contributed by atoms with Crippen LogP contribution >= 0.6 is 12.6 Å².